The lowest BCUT2D eigenvalue weighted by Crippen LogP contribution is -2.47. The molecule has 0 saturated heterocycles. The summed E-state index contributed by atoms with van der Waals surface area (Å²) in [5.41, 5.74) is 1.91. The number of para-hydroxylation sites is 2. The predicted octanol–water partition coefficient (Wildman–Crippen LogP) is 3.61. The molecule has 3 rings (SSSR count). The molecule has 0 unspecified atom stereocenters. The molecule has 0 aliphatic heterocycles. The number of hydrogen-bond acceptors (Lipinski definition) is 3. The number of carbonyl (C=O) groups excluding carboxylic acids is 2. The van der Waals surface area contributed by atoms with Gasteiger partial charge in [0.2, 0.25) is 11.9 Å². The fourth-order valence-corrected chi connectivity index (χ4v) is 2.83. The van der Waals surface area contributed by atoms with Crippen molar-refractivity contribution < 1.29 is 9.59 Å². The number of aromatic amines is 1. The van der Waals surface area contributed by atoms with E-state index in [4.69, 9.17) is 11.6 Å². The van der Waals surface area contributed by atoms with Crippen molar-refractivity contribution in [1.82, 2.24) is 15.3 Å². The fraction of sp³-hybridized carbons (Fsp3) is 0.211. The molecular formula is C19H19ClN4O2. The lowest BCUT2D eigenvalue weighted by molar-refractivity contribution is -0.118. The molecule has 0 bridgehead atoms. The molecule has 2 amide bonds. The van der Waals surface area contributed by atoms with E-state index >= 15 is 0 Å². The lowest BCUT2D eigenvalue weighted by atomic mass is 10.0. The third kappa shape index (κ3) is 3.86. The van der Waals surface area contributed by atoms with Crippen molar-refractivity contribution in [3.63, 3.8) is 0 Å². The Kier molecular flexibility index (Phi) is 5.23. The molecule has 1 aromatic heterocycles. The number of amides is 2. The summed E-state index contributed by atoms with van der Waals surface area (Å²) in [6.45, 7) is 3.71. The van der Waals surface area contributed by atoms with Crippen molar-refractivity contribution in [1.29, 1.82) is 0 Å². The van der Waals surface area contributed by atoms with Crippen LogP contribution in [-0.2, 0) is 4.79 Å². The van der Waals surface area contributed by atoms with Crippen molar-refractivity contribution in [2.24, 2.45) is 5.92 Å². The van der Waals surface area contributed by atoms with Gasteiger partial charge in [-0.2, -0.15) is 0 Å². The van der Waals surface area contributed by atoms with E-state index in [9.17, 15) is 9.59 Å². The van der Waals surface area contributed by atoms with Gasteiger partial charge in [0.15, 0.2) is 0 Å². The number of hydrogen-bond donors (Lipinski definition) is 3. The van der Waals surface area contributed by atoms with Gasteiger partial charge in [-0.05, 0) is 30.2 Å². The molecule has 0 aliphatic carbocycles. The molecule has 0 radical (unpaired) electrons. The van der Waals surface area contributed by atoms with Crippen LogP contribution >= 0.6 is 11.6 Å². The van der Waals surface area contributed by atoms with Gasteiger partial charge in [0, 0.05) is 0 Å². The maximum absolute atomic E-state index is 12.7. The largest absolute Gasteiger partial charge is 0.340 e. The maximum Gasteiger partial charge on any atom is 0.253 e. The highest BCUT2D eigenvalue weighted by Crippen LogP contribution is 2.17. The van der Waals surface area contributed by atoms with Crippen LogP contribution in [0.5, 0.6) is 0 Å². The van der Waals surface area contributed by atoms with Crippen molar-refractivity contribution in [3.05, 3.63) is 59.1 Å². The molecule has 134 valence electrons. The first-order chi connectivity index (χ1) is 12.5. The second-order valence-electron chi connectivity index (χ2n) is 6.27. The first kappa shape index (κ1) is 17.9. The number of carbonyl (C=O) groups is 2. The molecule has 0 saturated carbocycles. The Hall–Kier alpha value is -2.86. The monoisotopic (exact) mass is 370 g/mol. The molecule has 1 atom stereocenters. The van der Waals surface area contributed by atoms with Crippen molar-refractivity contribution in [2.75, 3.05) is 5.32 Å². The summed E-state index contributed by atoms with van der Waals surface area (Å²) < 4.78 is 0. The van der Waals surface area contributed by atoms with Crippen LogP contribution in [0, 0.1) is 5.92 Å². The number of H-pyrrole nitrogens is 1. The van der Waals surface area contributed by atoms with Crippen molar-refractivity contribution in [2.45, 2.75) is 19.9 Å². The molecule has 26 heavy (non-hydrogen) atoms. The second kappa shape index (κ2) is 7.58. The van der Waals surface area contributed by atoms with Gasteiger partial charge in [0.1, 0.15) is 6.04 Å². The van der Waals surface area contributed by atoms with Crippen LogP contribution in [0.15, 0.2) is 48.5 Å². The van der Waals surface area contributed by atoms with Gasteiger partial charge >= 0.3 is 0 Å². The minimum atomic E-state index is -0.730. The lowest BCUT2D eigenvalue weighted by Gasteiger charge is -2.21. The predicted molar refractivity (Wildman–Crippen MR) is 102 cm³/mol. The standard InChI is InChI=1S/C19H19ClN4O2/c1-11(2)16(23-17(25)12-7-3-4-8-13(12)20)18(26)24-19-21-14-9-5-6-10-15(14)22-19/h3-11,16H,1-2H3,(H,23,25)(H2,21,22,24,26)/t16-/m1/s1. The summed E-state index contributed by atoms with van der Waals surface area (Å²) >= 11 is 6.06. The normalized spacial score (nSPS) is 12.2. The highest BCUT2D eigenvalue weighted by atomic mass is 35.5. The molecule has 3 N–H and O–H groups in total. The van der Waals surface area contributed by atoms with Crippen LogP contribution < -0.4 is 10.6 Å². The quantitative estimate of drug-likeness (QED) is 0.641. The minimum Gasteiger partial charge on any atom is -0.340 e. The van der Waals surface area contributed by atoms with E-state index in [-0.39, 0.29) is 11.8 Å². The first-order valence-corrected chi connectivity index (χ1v) is 8.64. The Balaban J connectivity index is 1.75. The Morgan fingerprint density at radius 1 is 1.08 bits per heavy atom. The molecule has 0 fully saturated rings. The van der Waals surface area contributed by atoms with E-state index in [2.05, 4.69) is 20.6 Å². The third-order valence-corrected chi connectivity index (χ3v) is 4.31. The van der Waals surface area contributed by atoms with Crippen molar-refractivity contribution >= 4 is 40.4 Å². The maximum atomic E-state index is 12.7. The van der Waals surface area contributed by atoms with Gasteiger partial charge in [-0.1, -0.05) is 49.7 Å². The number of nitrogens with zero attached hydrogens (tertiary/aromatic N) is 1. The van der Waals surface area contributed by atoms with Gasteiger partial charge in [-0.25, -0.2) is 4.98 Å². The number of imidazole rings is 1. The van der Waals surface area contributed by atoms with Gasteiger partial charge in [-0.3, -0.25) is 14.9 Å². The molecule has 2 aromatic carbocycles. The SMILES string of the molecule is CC(C)[C@@H](NC(=O)c1ccccc1Cl)C(=O)Nc1nc2ccccc2[nH]1. The van der Waals surface area contributed by atoms with E-state index in [1.54, 1.807) is 24.3 Å². The highest BCUT2D eigenvalue weighted by Gasteiger charge is 2.26. The highest BCUT2D eigenvalue weighted by molar-refractivity contribution is 6.33. The van der Waals surface area contributed by atoms with E-state index in [1.165, 1.54) is 0 Å². The van der Waals surface area contributed by atoms with Crippen LogP contribution in [-0.4, -0.2) is 27.8 Å². The fourth-order valence-electron chi connectivity index (χ4n) is 2.61. The Morgan fingerprint density at radius 2 is 1.77 bits per heavy atom. The number of aromatic nitrogens is 2. The third-order valence-electron chi connectivity index (χ3n) is 3.99. The molecule has 0 aliphatic rings. The number of fused-ring (bicyclic) bond motifs is 1. The zero-order valence-electron chi connectivity index (χ0n) is 14.4. The summed E-state index contributed by atoms with van der Waals surface area (Å²) in [6, 6.07) is 13.5. The molecule has 0 spiro atoms. The zero-order chi connectivity index (χ0) is 18.7. The van der Waals surface area contributed by atoms with E-state index < -0.39 is 11.9 Å². The number of halogens is 1. The topological polar surface area (TPSA) is 86.9 Å². The van der Waals surface area contributed by atoms with Crippen molar-refractivity contribution in [3.8, 4) is 0 Å². The van der Waals surface area contributed by atoms with Gasteiger partial charge in [0.05, 0.1) is 21.6 Å². The summed E-state index contributed by atoms with van der Waals surface area (Å²) in [6.07, 6.45) is 0. The van der Waals surface area contributed by atoms with E-state index in [1.807, 2.05) is 38.1 Å². The molecule has 1 heterocycles. The van der Waals surface area contributed by atoms with Crippen LogP contribution in [0.4, 0.5) is 5.95 Å². The molecule has 6 nitrogen and oxygen atoms in total. The number of nitrogens with one attached hydrogen (secondary N) is 3. The van der Waals surface area contributed by atoms with Crippen LogP contribution in [0.3, 0.4) is 0 Å². The first-order valence-electron chi connectivity index (χ1n) is 8.26. The number of rotatable bonds is 5. The van der Waals surface area contributed by atoms with Gasteiger partial charge in [-0.15, -0.1) is 0 Å². The zero-order valence-corrected chi connectivity index (χ0v) is 15.2. The summed E-state index contributed by atoms with van der Waals surface area (Å²) in [5.74, 6) is -0.520. The van der Waals surface area contributed by atoms with Crippen LogP contribution in [0.1, 0.15) is 24.2 Å². The summed E-state index contributed by atoms with van der Waals surface area (Å²) in [4.78, 5) is 32.5. The Morgan fingerprint density at radius 3 is 2.46 bits per heavy atom. The molecule has 3 aromatic rings. The average molecular weight is 371 g/mol. The summed E-state index contributed by atoms with van der Waals surface area (Å²) in [5, 5.41) is 5.82. The number of anilines is 1. The smallest absolute Gasteiger partial charge is 0.253 e. The molecule has 7 heteroatoms. The minimum absolute atomic E-state index is 0.120. The Labute approximate surface area is 156 Å². The van der Waals surface area contributed by atoms with Crippen LogP contribution in [0.2, 0.25) is 5.02 Å². The number of benzene rings is 2. The van der Waals surface area contributed by atoms with E-state index in [0.717, 1.165) is 11.0 Å². The Bertz CT molecular complexity index is 918. The second-order valence-corrected chi connectivity index (χ2v) is 6.67. The molecular weight excluding hydrogens is 352 g/mol. The van der Waals surface area contributed by atoms with Crippen LogP contribution in [0.25, 0.3) is 11.0 Å². The van der Waals surface area contributed by atoms with Gasteiger partial charge < -0.3 is 10.3 Å². The van der Waals surface area contributed by atoms with E-state index in [0.29, 0.717) is 16.5 Å². The van der Waals surface area contributed by atoms with Gasteiger partial charge in [0.25, 0.3) is 5.91 Å². The average Bonchev–Trinajstić information content (AvgIpc) is 3.01. The summed E-state index contributed by atoms with van der Waals surface area (Å²) in [7, 11) is 0.